The van der Waals surface area contributed by atoms with Gasteiger partial charge in [-0.3, -0.25) is 4.79 Å². The standard InChI is InChI=1S/C16H29N3O/c1-5-9-17-15(6-2)14-7-10-19(12-14)11-8-16(20)18-13(3)4/h7,10,12-13,15,17H,5-6,8-9,11H2,1-4H3,(H,18,20). The van der Waals surface area contributed by atoms with Gasteiger partial charge in [0.1, 0.15) is 0 Å². The fraction of sp³-hybridized carbons (Fsp3) is 0.688. The summed E-state index contributed by atoms with van der Waals surface area (Å²) in [6, 6.07) is 2.78. The maximum Gasteiger partial charge on any atom is 0.221 e. The predicted octanol–water partition coefficient (Wildman–Crippen LogP) is 2.85. The molecule has 1 aromatic rings. The van der Waals surface area contributed by atoms with Crippen molar-refractivity contribution in [2.75, 3.05) is 6.54 Å². The Hall–Kier alpha value is -1.29. The van der Waals surface area contributed by atoms with Gasteiger partial charge in [-0.15, -0.1) is 0 Å². The molecule has 0 aromatic carbocycles. The van der Waals surface area contributed by atoms with Gasteiger partial charge in [0.15, 0.2) is 0 Å². The van der Waals surface area contributed by atoms with E-state index >= 15 is 0 Å². The molecule has 114 valence electrons. The number of aryl methyl sites for hydroxylation is 1. The van der Waals surface area contributed by atoms with Crippen molar-refractivity contribution in [3.63, 3.8) is 0 Å². The first-order valence-corrected chi connectivity index (χ1v) is 7.75. The number of nitrogens with one attached hydrogen (secondary N) is 2. The number of carbonyl (C=O) groups is 1. The van der Waals surface area contributed by atoms with E-state index in [-0.39, 0.29) is 11.9 Å². The zero-order chi connectivity index (χ0) is 15.0. The molecule has 0 aliphatic heterocycles. The molecule has 1 unspecified atom stereocenters. The largest absolute Gasteiger partial charge is 0.354 e. The van der Waals surface area contributed by atoms with Crippen LogP contribution < -0.4 is 10.6 Å². The fourth-order valence-corrected chi connectivity index (χ4v) is 2.25. The van der Waals surface area contributed by atoms with Crippen molar-refractivity contribution in [1.82, 2.24) is 15.2 Å². The predicted molar refractivity (Wildman–Crippen MR) is 83.7 cm³/mol. The van der Waals surface area contributed by atoms with E-state index in [0.29, 0.717) is 12.5 Å². The van der Waals surface area contributed by atoms with Crippen LogP contribution in [-0.2, 0) is 11.3 Å². The minimum Gasteiger partial charge on any atom is -0.354 e. The van der Waals surface area contributed by atoms with Gasteiger partial charge in [0.2, 0.25) is 5.91 Å². The molecular formula is C16H29N3O. The summed E-state index contributed by atoms with van der Waals surface area (Å²) >= 11 is 0. The molecule has 1 atom stereocenters. The monoisotopic (exact) mass is 279 g/mol. The quantitative estimate of drug-likeness (QED) is 0.730. The highest BCUT2D eigenvalue weighted by molar-refractivity contribution is 5.76. The lowest BCUT2D eigenvalue weighted by atomic mass is 10.1. The van der Waals surface area contributed by atoms with Crippen LogP contribution in [0.5, 0.6) is 0 Å². The molecule has 0 aliphatic rings. The summed E-state index contributed by atoms with van der Waals surface area (Å²) in [5.74, 6) is 0.117. The Balaban J connectivity index is 2.47. The van der Waals surface area contributed by atoms with Crippen molar-refractivity contribution < 1.29 is 4.79 Å². The lowest BCUT2D eigenvalue weighted by Crippen LogP contribution is -2.30. The molecule has 4 nitrogen and oxygen atoms in total. The van der Waals surface area contributed by atoms with Gasteiger partial charge in [0.25, 0.3) is 0 Å². The van der Waals surface area contributed by atoms with Crippen LogP contribution in [0.2, 0.25) is 0 Å². The number of carbonyl (C=O) groups excluding carboxylic acids is 1. The molecule has 0 bridgehead atoms. The highest BCUT2D eigenvalue weighted by Crippen LogP contribution is 2.17. The van der Waals surface area contributed by atoms with E-state index in [0.717, 1.165) is 25.9 Å². The first-order valence-electron chi connectivity index (χ1n) is 7.75. The van der Waals surface area contributed by atoms with Gasteiger partial charge in [-0.05, 0) is 44.9 Å². The number of nitrogens with zero attached hydrogens (tertiary/aromatic N) is 1. The van der Waals surface area contributed by atoms with Crippen molar-refractivity contribution >= 4 is 5.91 Å². The van der Waals surface area contributed by atoms with Crippen LogP contribution in [0.15, 0.2) is 18.5 Å². The summed E-state index contributed by atoms with van der Waals surface area (Å²) < 4.78 is 2.10. The summed E-state index contributed by atoms with van der Waals surface area (Å²) in [5.41, 5.74) is 1.31. The summed E-state index contributed by atoms with van der Waals surface area (Å²) in [7, 11) is 0. The number of rotatable bonds is 9. The minimum atomic E-state index is 0.117. The van der Waals surface area contributed by atoms with Crippen LogP contribution in [-0.4, -0.2) is 23.1 Å². The summed E-state index contributed by atoms with van der Waals surface area (Å²) in [5, 5.41) is 6.46. The Morgan fingerprint density at radius 2 is 2.10 bits per heavy atom. The van der Waals surface area contributed by atoms with E-state index in [9.17, 15) is 4.79 Å². The van der Waals surface area contributed by atoms with Crippen LogP contribution in [0, 0.1) is 0 Å². The minimum absolute atomic E-state index is 0.117. The Morgan fingerprint density at radius 1 is 1.35 bits per heavy atom. The van der Waals surface area contributed by atoms with E-state index in [2.05, 4.69) is 47.5 Å². The van der Waals surface area contributed by atoms with Crippen molar-refractivity contribution in [2.45, 2.75) is 65.6 Å². The van der Waals surface area contributed by atoms with E-state index in [1.165, 1.54) is 5.56 Å². The first kappa shape index (κ1) is 16.8. The molecule has 1 amide bonds. The lowest BCUT2D eigenvalue weighted by Gasteiger charge is -2.15. The fourth-order valence-electron chi connectivity index (χ4n) is 2.25. The second kappa shape index (κ2) is 8.80. The Kier molecular flexibility index (Phi) is 7.37. The van der Waals surface area contributed by atoms with Crippen molar-refractivity contribution in [3.8, 4) is 0 Å². The number of amides is 1. The van der Waals surface area contributed by atoms with E-state index < -0.39 is 0 Å². The smallest absolute Gasteiger partial charge is 0.221 e. The number of aromatic nitrogens is 1. The normalized spacial score (nSPS) is 12.7. The van der Waals surface area contributed by atoms with Crippen LogP contribution in [0.4, 0.5) is 0 Å². The van der Waals surface area contributed by atoms with E-state index in [1.807, 2.05) is 13.8 Å². The van der Waals surface area contributed by atoms with Gasteiger partial charge in [-0.25, -0.2) is 0 Å². The molecule has 0 saturated heterocycles. The van der Waals surface area contributed by atoms with Crippen LogP contribution >= 0.6 is 0 Å². The van der Waals surface area contributed by atoms with Crippen molar-refractivity contribution in [1.29, 1.82) is 0 Å². The zero-order valence-corrected chi connectivity index (χ0v) is 13.3. The zero-order valence-electron chi connectivity index (χ0n) is 13.3. The molecule has 4 heteroatoms. The highest BCUT2D eigenvalue weighted by Gasteiger charge is 2.10. The van der Waals surface area contributed by atoms with E-state index in [4.69, 9.17) is 0 Å². The average Bonchev–Trinajstić information content (AvgIpc) is 2.85. The average molecular weight is 279 g/mol. The van der Waals surface area contributed by atoms with Gasteiger partial charge < -0.3 is 15.2 Å². The van der Waals surface area contributed by atoms with Gasteiger partial charge in [-0.1, -0.05) is 13.8 Å². The van der Waals surface area contributed by atoms with Crippen LogP contribution in [0.3, 0.4) is 0 Å². The third-order valence-electron chi connectivity index (χ3n) is 3.27. The second-order valence-corrected chi connectivity index (χ2v) is 5.57. The third kappa shape index (κ3) is 5.78. The van der Waals surface area contributed by atoms with Crippen LogP contribution in [0.1, 0.15) is 58.6 Å². The molecule has 2 N–H and O–H groups in total. The summed E-state index contributed by atoms with van der Waals surface area (Å²) in [6.07, 6.45) is 6.98. The van der Waals surface area contributed by atoms with Crippen molar-refractivity contribution in [3.05, 3.63) is 24.0 Å². The van der Waals surface area contributed by atoms with Gasteiger partial charge in [-0.2, -0.15) is 0 Å². The molecule has 0 fully saturated rings. The van der Waals surface area contributed by atoms with Crippen LogP contribution in [0.25, 0.3) is 0 Å². The van der Waals surface area contributed by atoms with Gasteiger partial charge in [0.05, 0.1) is 0 Å². The molecule has 0 saturated carbocycles. The Bertz CT molecular complexity index is 398. The van der Waals surface area contributed by atoms with Gasteiger partial charge >= 0.3 is 0 Å². The molecule has 1 rings (SSSR count). The maximum absolute atomic E-state index is 11.6. The molecule has 0 spiro atoms. The maximum atomic E-state index is 11.6. The third-order valence-corrected chi connectivity index (χ3v) is 3.27. The number of hydrogen-bond acceptors (Lipinski definition) is 2. The summed E-state index contributed by atoms with van der Waals surface area (Å²) in [4.78, 5) is 11.6. The SMILES string of the molecule is CCCNC(CC)c1ccn(CCC(=O)NC(C)C)c1. The molecule has 20 heavy (non-hydrogen) atoms. The second-order valence-electron chi connectivity index (χ2n) is 5.57. The topological polar surface area (TPSA) is 46.1 Å². The molecular weight excluding hydrogens is 250 g/mol. The van der Waals surface area contributed by atoms with Crippen molar-refractivity contribution in [2.24, 2.45) is 0 Å². The highest BCUT2D eigenvalue weighted by atomic mass is 16.1. The molecule has 0 radical (unpaired) electrons. The molecule has 1 heterocycles. The van der Waals surface area contributed by atoms with Gasteiger partial charge in [0, 0.05) is 37.4 Å². The molecule has 0 aliphatic carbocycles. The summed E-state index contributed by atoms with van der Waals surface area (Å²) in [6.45, 7) is 10.1. The van der Waals surface area contributed by atoms with E-state index in [1.54, 1.807) is 0 Å². The number of hydrogen-bond donors (Lipinski definition) is 2. The lowest BCUT2D eigenvalue weighted by molar-refractivity contribution is -0.121. The Labute approximate surface area is 122 Å². The first-order chi connectivity index (χ1) is 9.56. The Morgan fingerprint density at radius 3 is 2.70 bits per heavy atom. The molecule has 1 aromatic heterocycles.